The van der Waals surface area contributed by atoms with Gasteiger partial charge in [0.15, 0.2) is 6.61 Å². The molecule has 6 nitrogen and oxygen atoms in total. The third kappa shape index (κ3) is 3.70. The Bertz CT molecular complexity index is 605. The predicted octanol–water partition coefficient (Wildman–Crippen LogP) is 1.40. The van der Waals surface area contributed by atoms with E-state index in [-0.39, 0.29) is 24.5 Å². The van der Waals surface area contributed by atoms with Crippen molar-refractivity contribution in [2.24, 2.45) is 0 Å². The molecule has 1 atom stereocenters. The monoisotopic (exact) mass is 331 g/mol. The predicted molar refractivity (Wildman–Crippen MR) is 92.2 cm³/mol. The minimum Gasteiger partial charge on any atom is -0.484 e. The Labute approximate surface area is 142 Å². The van der Waals surface area contributed by atoms with Gasteiger partial charge in [0.25, 0.3) is 5.91 Å². The fourth-order valence-electron chi connectivity index (χ4n) is 3.50. The van der Waals surface area contributed by atoms with E-state index in [4.69, 9.17) is 4.74 Å². The van der Waals surface area contributed by atoms with E-state index in [9.17, 15) is 9.59 Å². The molecule has 1 aromatic carbocycles. The number of hydrogen-bond donors (Lipinski definition) is 1. The van der Waals surface area contributed by atoms with Crippen molar-refractivity contribution in [2.75, 3.05) is 38.2 Å². The van der Waals surface area contributed by atoms with Gasteiger partial charge < -0.3 is 19.9 Å². The molecule has 1 N–H and O–H groups in total. The third-order valence-electron chi connectivity index (χ3n) is 4.70. The summed E-state index contributed by atoms with van der Waals surface area (Å²) < 4.78 is 5.69. The van der Waals surface area contributed by atoms with Gasteiger partial charge in [0, 0.05) is 43.9 Å². The number of ether oxygens (including phenoxy) is 1. The number of likely N-dealkylation sites (tertiary alicyclic amines) is 1. The lowest BCUT2D eigenvalue weighted by Gasteiger charge is -2.24. The van der Waals surface area contributed by atoms with Crippen molar-refractivity contribution in [1.29, 1.82) is 0 Å². The molecule has 2 fully saturated rings. The summed E-state index contributed by atoms with van der Waals surface area (Å²) in [6.07, 6.45) is 3.58. The van der Waals surface area contributed by atoms with Crippen LogP contribution >= 0.6 is 0 Å². The van der Waals surface area contributed by atoms with Gasteiger partial charge in [-0.2, -0.15) is 0 Å². The van der Waals surface area contributed by atoms with E-state index in [1.54, 1.807) is 4.90 Å². The van der Waals surface area contributed by atoms with Gasteiger partial charge in [-0.05, 0) is 38.4 Å². The van der Waals surface area contributed by atoms with Crippen LogP contribution in [0.15, 0.2) is 24.3 Å². The molecule has 0 radical (unpaired) electrons. The highest BCUT2D eigenvalue weighted by atomic mass is 16.5. The van der Waals surface area contributed by atoms with Gasteiger partial charge in [0.1, 0.15) is 5.75 Å². The summed E-state index contributed by atoms with van der Waals surface area (Å²) in [6.45, 7) is 2.41. The average molecular weight is 331 g/mol. The second-order valence-electron chi connectivity index (χ2n) is 6.38. The number of nitrogens with zero attached hydrogens (tertiary/aromatic N) is 2. The fourth-order valence-corrected chi connectivity index (χ4v) is 3.50. The first-order chi connectivity index (χ1) is 11.7. The molecule has 2 aliphatic rings. The number of nitrogens with one attached hydrogen (secondary N) is 1. The molecule has 130 valence electrons. The Kier molecular flexibility index (Phi) is 5.35. The van der Waals surface area contributed by atoms with Crippen LogP contribution in [0.3, 0.4) is 0 Å². The molecule has 2 amide bonds. The van der Waals surface area contributed by atoms with Crippen molar-refractivity contribution in [1.82, 2.24) is 10.2 Å². The second kappa shape index (κ2) is 7.66. The first-order valence-corrected chi connectivity index (χ1v) is 8.66. The maximum absolute atomic E-state index is 12.4. The van der Waals surface area contributed by atoms with Crippen LogP contribution in [-0.4, -0.2) is 56.0 Å². The van der Waals surface area contributed by atoms with Crippen molar-refractivity contribution < 1.29 is 14.3 Å². The SMILES string of the molecule is CNCC1CCCN1C(=O)COc1cccc(N2CCCC2=O)c1. The van der Waals surface area contributed by atoms with Crippen molar-refractivity contribution in [3.8, 4) is 5.75 Å². The van der Waals surface area contributed by atoms with Crippen LogP contribution in [0.25, 0.3) is 0 Å². The Hall–Kier alpha value is -2.08. The van der Waals surface area contributed by atoms with Gasteiger partial charge in [-0.15, -0.1) is 0 Å². The molecule has 0 bridgehead atoms. The van der Waals surface area contributed by atoms with Crippen LogP contribution in [-0.2, 0) is 9.59 Å². The normalized spacial score (nSPS) is 20.7. The molecular weight excluding hydrogens is 306 g/mol. The first kappa shape index (κ1) is 16.8. The Balaban J connectivity index is 1.58. The van der Waals surface area contributed by atoms with Gasteiger partial charge >= 0.3 is 0 Å². The van der Waals surface area contributed by atoms with E-state index < -0.39 is 0 Å². The van der Waals surface area contributed by atoms with Crippen LogP contribution < -0.4 is 15.0 Å². The molecule has 1 unspecified atom stereocenters. The van der Waals surface area contributed by atoms with E-state index in [0.717, 1.165) is 44.6 Å². The van der Waals surface area contributed by atoms with Gasteiger partial charge in [0.2, 0.25) is 5.91 Å². The number of rotatable bonds is 6. The summed E-state index contributed by atoms with van der Waals surface area (Å²) >= 11 is 0. The Morgan fingerprint density at radius 2 is 2.21 bits per heavy atom. The molecule has 6 heteroatoms. The minimum atomic E-state index is 0.0235. The van der Waals surface area contributed by atoms with Crippen LogP contribution in [0.4, 0.5) is 5.69 Å². The Morgan fingerprint density at radius 1 is 1.33 bits per heavy atom. The molecule has 3 rings (SSSR count). The van der Waals surface area contributed by atoms with Crippen molar-refractivity contribution in [2.45, 2.75) is 31.7 Å². The molecule has 0 saturated carbocycles. The molecule has 24 heavy (non-hydrogen) atoms. The molecule has 0 spiro atoms. The van der Waals surface area contributed by atoms with Crippen LogP contribution in [0.1, 0.15) is 25.7 Å². The molecule has 2 saturated heterocycles. The first-order valence-electron chi connectivity index (χ1n) is 8.66. The quantitative estimate of drug-likeness (QED) is 0.856. The summed E-state index contributed by atoms with van der Waals surface area (Å²) in [5, 5.41) is 3.14. The lowest BCUT2D eigenvalue weighted by molar-refractivity contribution is -0.134. The maximum atomic E-state index is 12.4. The minimum absolute atomic E-state index is 0.0235. The highest BCUT2D eigenvalue weighted by Gasteiger charge is 2.28. The lowest BCUT2D eigenvalue weighted by atomic mass is 10.2. The zero-order chi connectivity index (χ0) is 16.9. The summed E-state index contributed by atoms with van der Waals surface area (Å²) in [4.78, 5) is 27.9. The number of hydrogen-bond acceptors (Lipinski definition) is 4. The number of likely N-dealkylation sites (N-methyl/N-ethyl adjacent to an activating group) is 1. The Morgan fingerprint density at radius 3 is 2.96 bits per heavy atom. The summed E-state index contributed by atoms with van der Waals surface area (Å²) in [7, 11) is 1.91. The van der Waals surface area contributed by atoms with E-state index in [1.807, 2.05) is 36.2 Å². The number of anilines is 1. The van der Waals surface area contributed by atoms with Crippen LogP contribution in [0.2, 0.25) is 0 Å². The highest BCUT2D eigenvalue weighted by Crippen LogP contribution is 2.25. The fraction of sp³-hybridized carbons (Fsp3) is 0.556. The lowest BCUT2D eigenvalue weighted by Crippen LogP contribution is -2.43. The van der Waals surface area contributed by atoms with Crippen molar-refractivity contribution in [3.05, 3.63) is 24.3 Å². The summed E-state index contributed by atoms with van der Waals surface area (Å²) in [5.74, 6) is 0.801. The molecule has 0 aliphatic carbocycles. The summed E-state index contributed by atoms with van der Waals surface area (Å²) in [5.41, 5.74) is 0.844. The molecule has 1 aromatic rings. The standard InChI is InChI=1S/C18H25N3O3/c1-19-12-15-6-3-9-21(15)18(23)13-24-16-7-2-5-14(11-16)20-10-4-8-17(20)22/h2,5,7,11,15,19H,3-4,6,8-10,12-13H2,1H3. The summed E-state index contributed by atoms with van der Waals surface area (Å²) in [6, 6.07) is 7.69. The smallest absolute Gasteiger partial charge is 0.260 e. The van der Waals surface area contributed by atoms with Gasteiger partial charge in [-0.3, -0.25) is 9.59 Å². The zero-order valence-electron chi connectivity index (χ0n) is 14.2. The number of benzene rings is 1. The van der Waals surface area contributed by atoms with E-state index in [1.165, 1.54) is 0 Å². The largest absolute Gasteiger partial charge is 0.484 e. The second-order valence-corrected chi connectivity index (χ2v) is 6.38. The average Bonchev–Trinajstić information content (AvgIpc) is 3.22. The van der Waals surface area contributed by atoms with Gasteiger partial charge in [-0.25, -0.2) is 0 Å². The maximum Gasteiger partial charge on any atom is 0.260 e. The number of carbonyl (C=O) groups excluding carboxylic acids is 2. The highest BCUT2D eigenvalue weighted by molar-refractivity contribution is 5.95. The van der Waals surface area contributed by atoms with Crippen molar-refractivity contribution >= 4 is 17.5 Å². The number of carbonyl (C=O) groups is 2. The molecule has 2 heterocycles. The molecular formula is C18H25N3O3. The van der Waals surface area contributed by atoms with Gasteiger partial charge in [-0.1, -0.05) is 6.07 Å². The zero-order valence-corrected chi connectivity index (χ0v) is 14.2. The topological polar surface area (TPSA) is 61.9 Å². The third-order valence-corrected chi connectivity index (χ3v) is 4.70. The van der Waals surface area contributed by atoms with Crippen LogP contribution in [0.5, 0.6) is 5.75 Å². The van der Waals surface area contributed by atoms with Gasteiger partial charge in [0.05, 0.1) is 0 Å². The van der Waals surface area contributed by atoms with E-state index in [0.29, 0.717) is 12.2 Å². The van der Waals surface area contributed by atoms with Crippen LogP contribution in [0, 0.1) is 0 Å². The van der Waals surface area contributed by atoms with Crippen molar-refractivity contribution in [3.63, 3.8) is 0 Å². The number of amides is 2. The molecule has 2 aliphatic heterocycles. The molecule has 0 aromatic heterocycles. The van der Waals surface area contributed by atoms with E-state index >= 15 is 0 Å². The van der Waals surface area contributed by atoms with E-state index in [2.05, 4.69) is 5.32 Å².